The molecule has 1 saturated heterocycles. The maximum Gasteiger partial charge on any atom is 0.289 e. The maximum absolute atomic E-state index is 12.2. The van der Waals surface area contributed by atoms with E-state index in [-0.39, 0.29) is 29.9 Å². The number of nitrogens with zero attached hydrogens (tertiary/aromatic N) is 3. The summed E-state index contributed by atoms with van der Waals surface area (Å²) in [4.78, 5) is 20.5. The third kappa shape index (κ3) is 4.31. The first-order valence-electron chi connectivity index (χ1n) is 7.57. The average Bonchev–Trinajstić information content (AvgIpc) is 3.29. The Bertz CT molecular complexity index is 647. The third-order valence-electron chi connectivity index (χ3n) is 3.84. The van der Waals surface area contributed by atoms with Gasteiger partial charge in [0, 0.05) is 45.3 Å². The molecule has 8 heteroatoms. The Morgan fingerprint density at radius 2 is 1.96 bits per heavy atom. The van der Waals surface area contributed by atoms with E-state index in [1.165, 1.54) is 6.26 Å². The zero-order chi connectivity index (χ0) is 16.1. The van der Waals surface area contributed by atoms with E-state index < -0.39 is 0 Å². The van der Waals surface area contributed by atoms with E-state index in [9.17, 15) is 4.79 Å². The smallest absolute Gasteiger partial charge is 0.289 e. The van der Waals surface area contributed by atoms with Gasteiger partial charge in [-0.2, -0.15) is 0 Å². The van der Waals surface area contributed by atoms with Gasteiger partial charge in [0.15, 0.2) is 11.7 Å². The number of hydrogen-bond acceptors (Lipinski definition) is 4. The summed E-state index contributed by atoms with van der Waals surface area (Å²) in [6.45, 7) is 3.42. The molecule has 0 atom stereocenters. The normalized spacial score (nSPS) is 15.1. The fourth-order valence-corrected chi connectivity index (χ4v) is 2.58. The third-order valence-corrected chi connectivity index (χ3v) is 3.84. The molecule has 0 spiro atoms. The SMILES string of the molecule is CN=C(NCc1ccoc1)N1CCN(C(=O)c2ccco2)CC1.I. The van der Waals surface area contributed by atoms with Crippen molar-refractivity contribution < 1.29 is 13.6 Å². The lowest BCUT2D eigenvalue weighted by Gasteiger charge is -2.36. The van der Waals surface area contributed by atoms with E-state index in [2.05, 4.69) is 15.2 Å². The predicted octanol–water partition coefficient (Wildman–Crippen LogP) is 2.02. The molecule has 3 rings (SSSR count). The van der Waals surface area contributed by atoms with Gasteiger partial charge >= 0.3 is 0 Å². The summed E-state index contributed by atoms with van der Waals surface area (Å²) < 4.78 is 10.2. The second kappa shape index (κ2) is 8.76. The van der Waals surface area contributed by atoms with E-state index in [4.69, 9.17) is 8.83 Å². The van der Waals surface area contributed by atoms with Gasteiger partial charge in [-0.15, -0.1) is 24.0 Å². The lowest BCUT2D eigenvalue weighted by Crippen LogP contribution is -2.53. The van der Waals surface area contributed by atoms with Gasteiger partial charge in [-0.05, 0) is 18.2 Å². The molecule has 7 nitrogen and oxygen atoms in total. The second-order valence-corrected chi connectivity index (χ2v) is 5.29. The first kappa shape index (κ1) is 18.4. The molecular weight excluding hydrogens is 423 g/mol. The fraction of sp³-hybridized carbons (Fsp3) is 0.375. The molecule has 0 unspecified atom stereocenters. The van der Waals surface area contributed by atoms with Crippen LogP contribution in [0.1, 0.15) is 16.1 Å². The molecule has 1 amide bonds. The Balaban J connectivity index is 0.00000208. The summed E-state index contributed by atoms with van der Waals surface area (Å²) in [5.41, 5.74) is 1.07. The number of carbonyl (C=O) groups is 1. The quantitative estimate of drug-likeness (QED) is 0.446. The molecular formula is C16H21IN4O3. The van der Waals surface area contributed by atoms with Crippen LogP contribution < -0.4 is 5.32 Å². The first-order chi connectivity index (χ1) is 11.3. The number of hydrogen-bond donors (Lipinski definition) is 1. The van der Waals surface area contributed by atoms with Crippen LogP contribution in [0.25, 0.3) is 0 Å². The second-order valence-electron chi connectivity index (χ2n) is 5.29. The maximum atomic E-state index is 12.2. The summed E-state index contributed by atoms with van der Waals surface area (Å²) in [6.07, 6.45) is 4.88. The van der Waals surface area contributed by atoms with Crippen LogP contribution in [0.2, 0.25) is 0 Å². The summed E-state index contributed by atoms with van der Waals surface area (Å²) in [7, 11) is 1.76. The molecule has 0 radical (unpaired) electrons. The zero-order valence-electron chi connectivity index (χ0n) is 13.5. The molecule has 2 aromatic heterocycles. The summed E-state index contributed by atoms with van der Waals surface area (Å²) in [6, 6.07) is 5.34. The molecule has 1 fully saturated rings. The Kier molecular flexibility index (Phi) is 6.71. The monoisotopic (exact) mass is 444 g/mol. The number of nitrogens with one attached hydrogen (secondary N) is 1. The summed E-state index contributed by atoms with van der Waals surface area (Å²) >= 11 is 0. The lowest BCUT2D eigenvalue weighted by atomic mass is 10.3. The van der Waals surface area contributed by atoms with Gasteiger partial charge in [0.1, 0.15) is 0 Å². The van der Waals surface area contributed by atoms with Gasteiger partial charge in [0.2, 0.25) is 0 Å². The van der Waals surface area contributed by atoms with Crippen molar-refractivity contribution in [2.24, 2.45) is 4.99 Å². The number of rotatable bonds is 3. The van der Waals surface area contributed by atoms with Crippen molar-refractivity contribution in [3.8, 4) is 0 Å². The molecule has 1 N–H and O–H groups in total. The number of piperazine rings is 1. The number of carbonyl (C=O) groups excluding carboxylic acids is 1. The standard InChI is InChI=1S/C16H20N4O3.HI/c1-17-16(18-11-13-4-10-22-12-13)20-7-5-19(6-8-20)15(21)14-3-2-9-23-14;/h2-4,9-10,12H,5-8,11H2,1H3,(H,17,18);1H. The molecule has 0 saturated carbocycles. The van der Waals surface area contributed by atoms with Gasteiger partial charge in [0.05, 0.1) is 18.8 Å². The van der Waals surface area contributed by atoms with Gasteiger partial charge < -0.3 is 24.0 Å². The first-order valence-corrected chi connectivity index (χ1v) is 7.57. The van der Waals surface area contributed by atoms with Crippen molar-refractivity contribution in [3.63, 3.8) is 0 Å². The van der Waals surface area contributed by atoms with Crippen molar-refractivity contribution >= 4 is 35.8 Å². The number of guanidine groups is 1. The van der Waals surface area contributed by atoms with Gasteiger partial charge in [-0.1, -0.05) is 0 Å². The van der Waals surface area contributed by atoms with Crippen LogP contribution in [0.5, 0.6) is 0 Å². The number of halogens is 1. The van der Waals surface area contributed by atoms with Crippen molar-refractivity contribution in [2.75, 3.05) is 33.2 Å². The molecule has 0 aliphatic carbocycles. The van der Waals surface area contributed by atoms with Crippen LogP contribution in [0.4, 0.5) is 0 Å². The van der Waals surface area contributed by atoms with Gasteiger partial charge in [-0.25, -0.2) is 0 Å². The molecule has 130 valence electrons. The minimum absolute atomic E-state index is 0. The Hall–Kier alpha value is -1.97. The molecule has 3 heterocycles. The molecule has 1 aliphatic rings. The van der Waals surface area contributed by atoms with Crippen LogP contribution in [0.3, 0.4) is 0 Å². The van der Waals surface area contributed by atoms with E-state index >= 15 is 0 Å². The van der Waals surface area contributed by atoms with E-state index in [0.29, 0.717) is 25.4 Å². The van der Waals surface area contributed by atoms with E-state index in [0.717, 1.165) is 24.6 Å². The Morgan fingerprint density at radius 3 is 2.54 bits per heavy atom. The number of aliphatic imine (C=N–C) groups is 1. The highest BCUT2D eigenvalue weighted by Crippen LogP contribution is 2.10. The zero-order valence-corrected chi connectivity index (χ0v) is 15.8. The Morgan fingerprint density at radius 1 is 1.21 bits per heavy atom. The van der Waals surface area contributed by atoms with Crippen molar-refractivity contribution in [1.82, 2.24) is 15.1 Å². The fourth-order valence-electron chi connectivity index (χ4n) is 2.58. The van der Waals surface area contributed by atoms with Crippen LogP contribution in [0, 0.1) is 0 Å². The van der Waals surface area contributed by atoms with Gasteiger partial charge in [0.25, 0.3) is 5.91 Å². The molecule has 2 aromatic rings. The van der Waals surface area contributed by atoms with Crippen molar-refractivity contribution in [2.45, 2.75) is 6.54 Å². The topological polar surface area (TPSA) is 74.2 Å². The van der Waals surface area contributed by atoms with Crippen LogP contribution in [-0.2, 0) is 6.54 Å². The van der Waals surface area contributed by atoms with Crippen LogP contribution in [0.15, 0.2) is 50.8 Å². The van der Waals surface area contributed by atoms with Crippen LogP contribution >= 0.6 is 24.0 Å². The molecule has 1 aliphatic heterocycles. The average molecular weight is 444 g/mol. The minimum atomic E-state index is -0.0593. The highest BCUT2D eigenvalue weighted by atomic mass is 127. The predicted molar refractivity (Wildman–Crippen MR) is 101 cm³/mol. The lowest BCUT2D eigenvalue weighted by molar-refractivity contribution is 0.0657. The highest BCUT2D eigenvalue weighted by Gasteiger charge is 2.25. The summed E-state index contributed by atoms with van der Waals surface area (Å²) in [5.74, 6) is 1.16. The minimum Gasteiger partial charge on any atom is -0.472 e. The van der Waals surface area contributed by atoms with Crippen molar-refractivity contribution in [1.29, 1.82) is 0 Å². The van der Waals surface area contributed by atoms with Gasteiger partial charge in [-0.3, -0.25) is 9.79 Å². The number of furan rings is 2. The van der Waals surface area contributed by atoms with Crippen molar-refractivity contribution in [3.05, 3.63) is 48.3 Å². The molecule has 24 heavy (non-hydrogen) atoms. The molecule has 0 aromatic carbocycles. The van der Waals surface area contributed by atoms with E-state index in [1.807, 2.05) is 6.07 Å². The van der Waals surface area contributed by atoms with Crippen LogP contribution in [-0.4, -0.2) is 54.9 Å². The van der Waals surface area contributed by atoms with E-state index in [1.54, 1.807) is 36.6 Å². The highest BCUT2D eigenvalue weighted by molar-refractivity contribution is 14.0. The number of amides is 1. The largest absolute Gasteiger partial charge is 0.472 e. The summed E-state index contributed by atoms with van der Waals surface area (Å²) in [5, 5.41) is 3.31. The Labute approximate surface area is 157 Å². The molecule has 0 bridgehead atoms.